The van der Waals surface area contributed by atoms with Crippen molar-refractivity contribution in [1.29, 1.82) is 0 Å². The van der Waals surface area contributed by atoms with E-state index in [1.165, 1.54) is 57.8 Å². The molecule has 0 amide bonds. The van der Waals surface area contributed by atoms with Gasteiger partial charge in [-0.1, -0.05) is 145 Å². The van der Waals surface area contributed by atoms with E-state index in [2.05, 4.69) is 102 Å². The molecular formula is C35H68BF4Fe-. The fourth-order valence-electron chi connectivity index (χ4n) is 5.62. The molecule has 2 aliphatic rings. The maximum Gasteiger partial charge on any atom is 2.00 e. The predicted octanol–water partition coefficient (Wildman–Crippen LogP) is 13.6. The van der Waals surface area contributed by atoms with Crippen LogP contribution in [0.3, 0.4) is 0 Å². The Bertz CT molecular complexity index is 735. The third-order valence-electron chi connectivity index (χ3n) is 8.20. The van der Waals surface area contributed by atoms with Crippen molar-refractivity contribution in [3.8, 4) is 0 Å². The van der Waals surface area contributed by atoms with E-state index in [0.29, 0.717) is 21.7 Å². The van der Waals surface area contributed by atoms with Crippen LogP contribution in [0, 0.1) is 54.3 Å². The van der Waals surface area contributed by atoms with Crippen molar-refractivity contribution >= 4 is 7.25 Å². The van der Waals surface area contributed by atoms with Crippen molar-refractivity contribution in [2.45, 2.75) is 148 Å². The summed E-state index contributed by atoms with van der Waals surface area (Å²) in [4.78, 5) is 0. The van der Waals surface area contributed by atoms with Crippen molar-refractivity contribution < 1.29 is 34.3 Å². The van der Waals surface area contributed by atoms with Gasteiger partial charge in [-0.15, -0.1) is 0 Å². The molecule has 0 aromatic rings. The summed E-state index contributed by atoms with van der Waals surface area (Å²) in [5.41, 5.74) is 5.02. The van der Waals surface area contributed by atoms with E-state index in [1.807, 2.05) is 0 Å². The minimum absolute atomic E-state index is 0. The Kier molecular flexibility index (Phi) is 22.4. The first kappa shape index (κ1) is 47.7. The zero-order chi connectivity index (χ0) is 30.2. The topological polar surface area (TPSA) is 0 Å². The fraction of sp³-hybridized carbons (Fsp3) is 0.829. The van der Waals surface area contributed by atoms with Crippen LogP contribution in [0.25, 0.3) is 0 Å². The molecule has 0 spiro atoms. The predicted molar refractivity (Wildman–Crippen MR) is 175 cm³/mol. The van der Waals surface area contributed by atoms with Crippen molar-refractivity contribution in [2.24, 2.45) is 39.4 Å². The maximum absolute atomic E-state index is 9.75. The van der Waals surface area contributed by atoms with Crippen molar-refractivity contribution in [1.82, 2.24) is 0 Å². The number of allylic oxidation sites excluding steroid dienone is 4. The van der Waals surface area contributed by atoms with Crippen LogP contribution in [0.15, 0.2) is 23.3 Å². The van der Waals surface area contributed by atoms with Gasteiger partial charge in [-0.3, -0.25) is 0 Å². The van der Waals surface area contributed by atoms with E-state index in [-0.39, 0.29) is 31.9 Å². The summed E-state index contributed by atoms with van der Waals surface area (Å²) in [5, 5.41) is 0. The SMILES string of the molecule is CC(C)(C)C1=C[C@@H](C(C)(C)C)CC1.CCCCCCC[C@H]1C[C@@H](C(C)(C)C)C=C1C(C)(C)C.F[B-](F)(F)F.[CH3-].[CH3-].[Fe+2]. The molecule has 0 saturated heterocycles. The van der Waals surface area contributed by atoms with Gasteiger partial charge in [0.1, 0.15) is 0 Å². The van der Waals surface area contributed by atoms with E-state index < -0.39 is 7.25 Å². The molecule has 0 saturated carbocycles. The summed E-state index contributed by atoms with van der Waals surface area (Å²) in [6, 6.07) is 0. The molecule has 0 fully saturated rings. The molecule has 6 heteroatoms. The molecule has 0 radical (unpaired) electrons. The normalized spacial score (nSPS) is 21.0. The van der Waals surface area contributed by atoms with Crippen molar-refractivity contribution in [2.75, 3.05) is 0 Å². The van der Waals surface area contributed by atoms with Gasteiger partial charge in [0.25, 0.3) is 0 Å². The van der Waals surface area contributed by atoms with Crippen LogP contribution in [0.2, 0.25) is 0 Å². The van der Waals surface area contributed by atoms with Gasteiger partial charge in [-0.25, -0.2) is 0 Å². The van der Waals surface area contributed by atoms with Crippen molar-refractivity contribution in [3.05, 3.63) is 38.2 Å². The van der Waals surface area contributed by atoms with Gasteiger partial charge in [-0.05, 0) is 65.1 Å². The minimum atomic E-state index is -6.00. The molecular weight excluding hydrogens is 563 g/mol. The van der Waals surface area contributed by atoms with Crippen molar-refractivity contribution in [3.63, 3.8) is 0 Å². The second-order valence-electron chi connectivity index (χ2n) is 15.9. The smallest absolute Gasteiger partial charge is 0.418 e. The standard InChI is InChI=1S/C20H38.C13H24.2CH3.BF4.Fe/c1-8-9-10-11-12-13-16-14-17(19(2,3)4)15-18(16)20(5,6)7;1-12(2,3)10-7-8-11(9-10)13(4,5)6;;;2-1(3,4)5;/h15-17H,8-14H2,1-7H3;9-10H,7-8H2,1-6H3;2*1H3;;/q;;3*-1;+2/t16-,17+;10-;;;;/m00..../s1. The summed E-state index contributed by atoms with van der Waals surface area (Å²) in [5.74, 6) is 2.42. The molecule has 0 aliphatic heterocycles. The third kappa shape index (κ3) is 21.2. The van der Waals surface area contributed by atoms with Crippen LogP contribution in [0.5, 0.6) is 0 Å². The van der Waals surface area contributed by atoms with Gasteiger partial charge in [0.15, 0.2) is 0 Å². The Morgan fingerprint density at radius 1 is 0.683 bits per heavy atom. The van der Waals surface area contributed by atoms with Crippen LogP contribution in [-0.2, 0) is 17.1 Å². The summed E-state index contributed by atoms with van der Waals surface area (Å²) in [6.07, 6.45) is 17.7. The number of halogens is 4. The van der Waals surface area contributed by atoms with Gasteiger partial charge in [-0.2, -0.15) is 0 Å². The average Bonchev–Trinajstić information content (AvgIpc) is 3.34. The Hall–Kier alpha value is -0.216. The zero-order valence-electron chi connectivity index (χ0n) is 29.7. The van der Waals surface area contributed by atoms with E-state index in [4.69, 9.17) is 0 Å². The Labute approximate surface area is 266 Å². The number of hydrogen-bond donors (Lipinski definition) is 0. The first-order valence-electron chi connectivity index (χ1n) is 15.2. The molecule has 2 rings (SSSR count). The molecule has 0 heterocycles. The van der Waals surface area contributed by atoms with E-state index in [0.717, 1.165) is 17.8 Å². The molecule has 3 atom stereocenters. The van der Waals surface area contributed by atoms with E-state index in [9.17, 15) is 17.3 Å². The van der Waals surface area contributed by atoms with Crippen LogP contribution in [-0.4, -0.2) is 7.25 Å². The Morgan fingerprint density at radius 3 is 1.44 bits per heavy atom. The first-order valence-corrected chi connectivity index (χ1v) is 15.2. The van der Waals surface area contributed by atoms with Crippen LogP contribution in [0.4, 0.5) is 17.3 Å². The minimum Gasteiger partial charge on any atom is -0.418 e. The van der Waals surface area contributed by atoms with Gasteiger partial charge in [0, 0.05) is 0 Å². The van der Waals surface area contributed by atoms with E-state index >= 15 is 0 Å². The third-order valence-corrected chi connectivity index (χ3v) is 8.20. The molecule has 0 aromatic heterocycles. The molecule has 0 aromatic carbocycles. The largest absolute Gasteiger partial charge is 2.00 e. The average molecular weight is 632 g/mol. The molecule has 2 aliphatic carbocycles. The zero-order valence-corrected chi connectivity index (χ0v) is 30.8. The van der Waals surface area contributed by atoms with Gasteiger partial charge in [0.05, 0.1) is 0 Å². The molecule has 41 heavy (non-hydrogen) atoms. The monoisotopic (exact) mass is 631 g/mol. The summed E-state index contributed by atoms with van der Waals surface area (Å²) >= 11 is 0. The quantitative estimate of drug-likeness (QED) is 0.0900. The van der Waals surface area contributed by atoms with Crippen LogP contribution >= 0.6 is 0 Å². The number of hydrogen-bond acceptors (Lipinski definition) is 0. The fourth-order valence-corrected chi connectivity index (χ4v) is 5.62. The summed E-state index contributed by atoms with van der Waals surface area (Å²) in [6.45, 7) is 30.7. The van der Waals surface area contributed by atoms with Gasteiger partial charge < -0.3 is 32.1 Å². The Balaban J connectivity index is -0.000000283. The molecule has 0 bridgehead atoms. The van der Waals surface area contributed by atoms with Gasteiger partial charge >= 0.3 is 24.3 Å². The molecule has 248 valence electrons. The van der Waals surface area contributed by atoms with E-state index in [1.54, 1.807) is 11.1 Å². The Morgan fingerprint density at radius 2 is 1.12 bits per heavy atom. The number of rotatable bonds is 6. The molecule has 0 unspecified atom stereocenters. The second-order valence-corrected chi connectivity index (χ2v) is 15.9. The summed E-state index contributed by atoms with van der Waals surface area (Å²) in [7, 11) is -6.00. The number of unbranched alkanes of at least 4 members (excludes halogenated alkanes) is 4. The maximum atomic E-state index is 9.75. The molecule has 0 N–H and O–H groups in total. The summed E-state index contributed by atoms with van der Waals surface area (Å²) < 4.78 is 39.0. The van der Waals surface area contributed by atoms with Crippen LogP contribution in [0.1, 0.15) is 148 Å². The molecule has 0 nitrogen and oxygen atoms in total. The second kappa shape index (κ2) is 19.2. The van der Waals surface area contributed by atoms with Crippen LogP contribution < -0.4 is 0 Å². The van der Waals surface area contributed by atoms with Gasteiger partial charge in [0.2, 0.25) is 0 Å². The first-order chi connectivity index (χ1) is 16.9.